The summed E-state index contributed by atoms with van der Waals surface area (Å²) in [7, 11) is -2.90. The zero-order chi connectivity index (χ0) is 13.2. The van der Waals surface area contributed by atoms with Gasteiger partial charge in [-0.25, -0.2) is 13.4 Å². The van der Waals surface area contributed by atoms with Gasteiger partial charge in [-0.15, -0.1) is 0 Å². The van der Waals surface area contributed by atoms with E-state index < -0.39 is 15.4 Å². The first-order valence-corrected chi connectivity index (χ1v) is 7.94. The van der Waals surface area contributed by atoms with Gasteiger partial charge >= 0.3 is 0 Å². The van der Waals surface area contributed by atoms with E-state index in [0.717, 1.165) is 12.4 Å². The van der Waals surface area contributed by atoms with E-state index in [-0.39, 0.29) is 11.5 Å². The highest BCUT2D eigenvalue weighted by molar-refractivity contribution is 7.91. The minimum absolute atomic E-state index is 0.174. The quantitative estimate of drug-likeness (QED) is 0.867. The fourth-order valence-electron chi connectivity index (χ4n) is 2.20. The van der Waals surface area contributed by atoms with E-state index in [4.69, 9.17) is 0 Å². The Morgan fingerprint density at radius 1 is 1.39 bits per heavy atom. The fourth-order valence-corrected chi connectivity index (χ4v) is 4.30. The number of nitrogens with one attached hydrogen (secondary N) is 2. The monoisotopic (exact) mass is 269 g/mol. The van der Waals surface area contributed by atoms with Crippen LogP contribution in [0.4, 0.5) is 11.6 Å². The Kier molecular flexibility index (Phi) is 3.47. The Morgan fingerprint density at radius 3 is 2.72 bits per heavy atom. The average molecular weight is 269 g/mol. The van der Waals surface area contributed by atoms with Crippen LogP contribution in [0.5, 0.6) is 0 Å². The van der Waals surface area contributed by atoms with Crippen molar-refractivity contribution in [2.45, 2.75) is 25.8 Å². The molecule has 18 heavy (non-hydrogen) atoms. The van der Waals surface area contributed by atoms with Crippen molar-refractivity contribution < 1.29 is 8.42 Å². The van der Waals surface area contributed by atoms with Crippen molar-refractivity contribution in [3.63, 3.8) is 0 Å². The second-order valence-electron chi connectivity index (χ2n) is 4.97. The molecule has 1 aromatic heterocycles. The summed E-state index contributed by atoms with van der Waals surface area (Å²) >= 11 is 0. The normalized spacial score (nSPS) is 25.9. The second-order valence-corrected chi connectivity index (χ2v) is 7.15. The van der Waals surface area contributed by atoms with Crippen molar-refractivity contribution >= 4 is 21.5 Å². The first-order chi connectivity index (χ1) is 8.42. The molecule has 1 fully saturated rings. The smallest absolute Gasteiger partial charge is 0.152 e. The summed E-state index contributed by atoms with van der Waals surface area (Å²) < 4.78 is 23.1. The highest BCUT2D eigenvalue weighted by atomic mass is 32.2. The molecule has 0 bridgehead atoms. The van der Waals surface area contributed by atoms with Crippen molar-refractivity contribution in [2.24, 2.45) is 0 Å². The van der Waals surface area contributed by atoms with Crippen LogP contribution in [0, 0.1) is 0 Å². The summed E-state index contributed by atoms with van der Waals surface area (Å²) in [6.45, 7) is 4.74. The molecule has 1 aliphatic heterocycles. The van der Waals surface area contributed by atoms with E-state index in [2.05, 4.69) is 15.6 Å². The Bertz CT molecular complexity index is 530. The molecule has 6 heteroatoms. The zero-order valence-electron chi connectivity index (χ0n) is 10.7. The molecule has 1 atom stereocenters. The zero-order valence-corrected chi connectivity index (χ0v) is 11.5. The number of anilines is 2. The highest BCUT2D eigenvalue weighted by Crippen LogP contribution is 2.27. The molecular formula is C12H19N3O2S. The molecule has 0 aliphatic carbocycles. The SMILES string of the molecule is CCNc1cccc(NC2(C)CCS(=O)(=O)C2)n1. The molecule has 0 radical (unpaired) electrons. The number of pyridine rings is 1. The van der Waals surface area contributed by atoms with Crippen LogP contribution in [0.1, 0.15) is 20.3 Å². The minimum atomic E-state index is -2.90. The summed E-state index contributed by atoms with van der Waals surface area (Å²) in [5.74, 6) is 1.94. The van der Waals surface area contributed by atoms with E-state index in [9.17, 15) is 8.42 Å². The molecule has 1 aliphatic rings. The van der Waals surface area contributed by atoms with Gasteiger partial charge < -0.3 is 10.6 Å². The lowest BCUT2D eigenvalue weighted by atomic mass is 10.0. The number of nitrogens with zero attached hydrogens (tertiary/aromatic N) is 1. The molecule has 0 spiro atoms. The van der Waals surface area contributed by atoms with E-state index in [1.807, 2.05) is 32.0 Å². The number of aromatic nitrogens is 1. The molecule has 1 unspecified atom stereocenters. The Morgan fingerprint density at radius 2 is 2.11 bits per heavy atom. The van der Waals surface area contributed by atoms with Crippen LogP contribution < -0.4 is 10.6 Å². The van der Waals surface area contributed by atoms with Crippen LogP contribution in [0.2, 0.25) is 0 Å². The van der Waals surface area contributed by atoms with Crippen LogP contribution >= 0.6 is 0 Å². The Balaban J connectivity index is 2.12. The lowest BCUT2D eigenvalue weighted by Gasteiger charge is -2.24. The standard InChI is InChI=1S/C12H19N3O2S/c1-3-13-10-5-4-6-11(14-10)15-12(2)7-8-18(16,17)9-12/h4-6H,3,7-9H2,1-2H3,(H2,13,14,15). The second kappa shape index (κ2) is 4.76. The van der Waals surface area contributed by atoms with E-state index in [1.54, 1.807) is 0 Å². The van der Waals surface area contributed by atoms with E-state index in [1.165, 1.54) is 0 Å². The lowest BCUT2D eigenvalue weighted by Crippen LogP contribution is -2.36. The van der Waals surface area contributed by atoms with Crippen LogP contribution in [0.15, 0.2) is 18.2 Å². The maximum Gasteiger partial charge on any atom is 0.152 e. The predicted molar refractivity (Wildman–Crippen MR) is 73.7 cm³/mol. The Labute approximate surface area is 108 Å². The summed E-state index contributed by atoms with van der Waals surface area (Å²) in [5, 5.41) is 6.37. The summed E-state index contributed by atoms with van der Waals surface area (Å²) in [4.78, 5) is 4.40. The molecule has 0 aromatic carbocycles. The van der Waals surface area contributed by atoms with Gasteiger partial charge in [0.1, 0.15) is 11.6 Å². The molecule has 2 rings (SSSR count). The molecule has 0 saturated carbocycles. The third-order valence-electron chi connectivity index (χ3n) is 3.04. The number of hydrogen-bond acceptors (Lipinski definition) is 5. The molecule has 2 N–H and O–H groups in total. The fraction of sp³-hybridized carbons (Fsp3) is 0.583. The van der Waals surface area contributed by atoms with Gasteiger partial charge in [0.25, 0.3) is 0 Å². The summed E-state index contributed by atoms with van der Waals surface area (Å²) in [6, 6.07) is 5.65. The van der Waals surface area contributed by atoms with Gasteiger partial charge in [0.15, 0.2) is 9.84 Å². The number of rotatable bonds is 4. The minimum Gasteiger partial charge on any atom is -0.370 e. The molecule has 0 amide bonds. The van der Waals surface area contributed by atoms with Crippen LogP contribution in [0.3, 0.4) is 0 Å². The molecule has 1 aromatic rings. The predicted octanol–water partition coefficient (Wildman–Crippen LogP) is 1.50. The maximum atomic E-state index is 11.5. The van der Waals surface area contributed by atoms with Crippen LogP contribution in [0.25, 0.3) is 0 Å². The topological polar surface area (TPSA) is 71.1 Å². The van der Waals surface area contributed by atoms with Crippen molar-refractivity contribution in [1.82, 2.24) is 4.98 Å². The average Bonchev–Trinajstić information content (AvgIpc) is 2.53. The van der Waals surface area contributed by atoms with Gasteiger partial charge in [0, 0.05) is 6.54 Å². The molecule has 5 nitrogen and oxygen atoms in total. The third kappa shape index (κ3) is 3.13. The molecule has 1 saturated heterocycles. The largest absolute Gasteiger partial charge is 0.370 e. The van der Waals surface area contributed by atoms with Gasteiger partial charge in [-0.1, -0.05) is 6.07 Å². The maximum absolute atomic E-state index is 11.5. The molecule has 100 valence electrons. The van der Waals surface area contributed by atoms with Crippen molar-refractivity contribution in [3.05, 3.63) is 18.2 Å². The molecule has 2 heterocycles. The first kappa shape index (κ1) is 13.1. The number of hydrogen-bond donors (Lipinski definition) is 2. The summed E-state index contributed by atoms with van der Waals surface area (Å²) in [6.07, 6.45) is 0.627. The first-order valence-electron chi connectivity index (χ1n) is 6.12. The van der Waals surface area contributed by atoms with Crippen LogP contribution in [-0.4, -0.2) is 37.0 Å². The van der Waals surface area contributed by atoms with Gasteiger partial charge in [0.2, 0.25) is 0 Å². The van der Waals surface area contributed by atoms with Crippen molar-refractivity contribution in [2.75, 3.05) is 28.7 Å². The third-order valence-corrected chi connectivity index (χ3v) is 4.94. The van der Waals surface area contributed by atoms with E-state index >= 15 is 0 Å². The van der Waals surface area contributed by atoms with E-state index in [0.29, 0.717) is 12.2 Å². The Hall–Kier alpha value is -1.30. The highest BCUT2D eigenvalue weighted by Gasteiger charge is 2.38. The van der Waals surface area contributed by atoms with Gasteiger partial charge in [-0.3, -0.25) is 0 Å². The summed E-state index contributed by atoms with van der Waals surface area (Å²) in [5.41, 5.74) is -0.406. The molecular weight excluding hydrogens is 250 g/mol. The van der Waals surface area contributed by atoms with Gasteiger partial charge in [-0.2, -0.15) is 0 Å². The van der Waals surface area contributed by atoms with Crippen LogP contribution in [-0.2, 0) is 9.84 Å². The van der Waals surface area contributed by atoms with Gasteiger partial charge in [-0.05, 0) is 32.4 Å². The van der Waals surface area contributed by atoms with Crippen molar-refractivity contribution in [1.29, 1.82) is 0 Å². The van der Waals surface area contributed by atoms with Gasteiger partial charge in [0.05, 0.1) is 17.0 Å². The van der Waals surface area contributed by atoms with Crippen molar-refractivity contribution in [3.8, 4) is 0 Å². The number of sulfone groups is 1. The lowest BCUT2D eigenvalue weighted by molar-refractivity contribution is 0.572.